The number of nitrogens with zero attached hydrogens (tertiary/aromatic N) is 4. The van der Waals surface area contributed by atoms with Crippen LogP contribution >= 0.6 is 0 Å². The van der Waals surface area contributed by atoms with Gasteiger partial charge in [0.25, 0.3) is 0 Å². The highest BCUT2D eigenvalue weighted by Crippen LogP contribution is 2.35. The Bertz CT molecular complexity index is 864. The fourth-order valence-electron chi connectivity index (χ4n) is 2.51. The molecule has 1 aliphatic rings. The third-order valence-corrected chi connectivity index (χ3v) is 3.79. The molecule has 0 bridgehead atoms. The maximum atomic E-state index is 12.5. The second-order valence-corrected chi connectivity index (χ2v) is 5.30. The molecule has 3 heterocycles. The Balaban J connectivity index is 1.71. The Kier molecular flexibility index (Phi) is 3.25. The Morgan fingerprint density at radius 1 is 1.22 bits per heavy atom. The largest absolute Gasteiger partial charge is 0.454 e. The Morgan fingerprint density at radius 2 is 2.09 bits per heavy atom. The van der Waals surface area contributed by atoms with E-state index in [1.807, 2.05) is 41.1 Å². The molecule has 23 heavy (non-hydrogen) atoms. The van der Waals surface area contributed by atoms with Gasteiger partial charge in [-0.15, -0.1) is 0 Å². The van der Waals surface area contributed by atoms with Crippen molar-refractivity contribution in [2.24, 2.45) is 0 Å². The van der Waals surface area contributed by atoms with E-state index in [2.05, 4.69) is 9.97 Å². The lowest BCUT2D eigenvalue weighted by molar-refractivity contribution is 0.174. The number of aromatic nitrogens is 3. The average Bonchev–Trinajstić information content (AvgIpc) is 3.19. The van der Waals surface area contributed by atoms with Crippen LogP contribution in [0, 0.1) is 0 Å². The van der Waals surface area contributed by atoms with E-state index in [1.165, 1.54) is 0 Å². The Labute approximate surface area is 132 Å². The summed E-state index contributed by atoms with van der Waals surface area (Å²) in [5.41, 5.74) is 1.72. The van der Waals surface area contributed by atoms with Gasteiger partial charge in [0.15, 0.2) is 11.5 Å². The molecule has 7 heteroatoms. The van der Waals surface area contributed by atoms with Gasteiger partial charge in [-0.1, -0.05) is 0 Å². The van der Waals surface area contributed by atoms with Crippen molar-refractivity contribution in [3.63, 3.8) is 0 Å². The van der Waals surface area contributed by atoms with E-state index in [0.29, 0.717) is 18.1 Å². The van der Waals surface area contributed by atoms with Crippen molar-refractivity contribution in [3.8, 4) is 22.8 Å². The number of ether oxygens (including phenoxy) is 2. The van der Waals surface area contributed by atoms with Gasteiger partial charge >= 0.3 is 0 Å². The highest BCUT2D eigenvalue weighted by molar-refractivity contribution is 5.66. The standard InChI is InChI=1S/C16H15FN4O2/c1-20(7-5-17)15-4-6-21-9-12(18-16(21)19-15)11-2-3-13-14(8-11)23-10-22-13/h2-4,6,8-9H,5,7,10H2,1H3. The van der Waals surface area contributed by atoms with Crippen molar-refractivity contribution in [2.45, 2.75) is 0 Å². The number of anilines is 1. The molecule has 1 aliphatic heterocycles. The molecule has 6 nitrogen and oxygen atoms in total. The molecule has 0 fully saturated rings. The number of imidazole rings is 1. The third kappa shape index (κ3) is 2.44. The van der Waals surface area contributed by atoms with Crippen LogP contribution in [0.4, 0.5) is 10.2 Å². The zero-order valence-corrected chi connectivity index (χ0v) is 12.6. The summed E-state index contributed by atoms with van der Waals surface area (Å²) in [5.74, 6) is 2.72. The van der Waals surface area contributed by atoms with Crippen LogP contribution in [0.3, 0.4) is 0 Å². The van der Waals surface area contributed by atoms with Crippen molar-refractivity contribution in [1.29, 1.82) is 0 Å². The van der Waals surface area contributed by atoms with E-state index in [4.69, 9.17) is 9.47 Å². The van der Waals surface area contributed by atoms with Crippen LogP contribution in [0.25, 0.3) is 17.0 Å². The molecule has 0 atom stereocenters. The van der Waals surface area contributed by atoms with E-state index in [1.54, 1.807) is 11.9 Å². The fraction of sp³-hybridized carbons (Fsp3) is 0.250. The van der Waals surface area contributed by atoms with E-state index in [-0.39, 0.29) is 6.79 Å². The number of alkyl halides is 1. The summed E-state index contributed by atoms with van der Waals surface area (Å²) in [6.45, 7) is 0.134. The molecule has 118 valence electrons. The van der Waals surface area contributed by atoms with Gasteiger partial charge in [0.2, 0.25) is 12.6 Å². The van der Waals surface area contributed by atoms with Gasteiger partial charge in [-0.3, -0.25) is 4.40 Å². The molecular weight excluding hydrogens is 299 g/mol. The lowest BCUT2D eigenvalue weighted by atomic mass is 10.1. The summed E-state index contributed by atoms with van der Waals surface area (Å²) in [5, 5.41) is 0. The smallest absolute Gasteiger partial charge is 0.236 e. The molecule has 2 aromatic heterocycles. The average molecular weight is 314 g/mol. The molecule has 0 radical (unpaired) electrons. The second-order valence-electron chi connectivity index (χ2n) is 5.30. The van der Waals surface area contributed by atoms with Crippen LogP contribution in [0.5, 0.6) is 11.5 Å². The third-order valence-electron chi connectivity index (χ3n) is 3.79. The van der Waals surface area contributed by atoms with Gasteiger partial charge in [0.05, 0.1) is 5.69 Å². The van der Waals surface area contributed by atoms with Crippen LogP contribution in [-0.4, -0.2) is 41.4 Å². The molecule has 0 unspecified atom stereocenters. The zero-order valence-electron chi connectivity index (χ0n) is 12.6. The number of benzene rings is 1. The Morgan fingerprint density at radius 3 is 2.96 bits per heavy atom. The number of hydrogen-bond donors (Lipinski definition) is 0. The number of hydrogen-bond acceptors (Lipinski definition) is 5. The van der Waals surface area contributed by atoms with Crippen LogP contribution in [-0.2, 0) is 0 Å². The molecule has 3 aromatic rings. The van der Waals surface area contributed by atoms with Gasteiger partial charge in [0.1, 0.15) is 12.5 Å². The van der Waals surface area contributed by atoms with Crippen LogP contribution in [0.15, 0.2) is 36.7 Å². The molecule has 0 saturated carbocycles. The molecule has 0 spiro atoms. The van der Waals surface area contributed by atoms with Crippen LogP contribution in [0.1, 0.15) is 0 Å². The van der Waals surface area contributed by atoms with Gasteiger partial charge in [0, 0.05) is 31.5 Å². The number of halogens is 1. The van der Waals surface area contributed by atoms with E-state index >= 15 is 0 Å². The summed E-state index contributed by atoms with van der Waals surface area (Å²) >= 11 is 0. The van der Waals surface area contributed by atoms with Crippen molar-refractivity contribution in [2.75, 3.05) is 32.0 Å². The minimum absolute atomic E-state index is 0.246. The predicted octanol–water partition coefficient (Wildman–Crippen LogP) is 2.53. The number of fused-ring (bicyclic) bond motifs is 2. The second kappa shape index (κ2) is 5.42. The summed E-state index contributed by atoms with van der Waals surface area (Å²) in [6, 6.07) is 7.55. The first kappa shape index (κ1) is 13.8. The van der Waals surface area contributed by atoms with Gasteiger partial charge in [-0.2, -0.15) is 4.98 Å². The summed E-state index contributed by atoms with van der Waals surface area (Å²) in [4.78, 5) is 10.8. The highest BCUT2D eigenvalue weighted by Gasteiger charge is 2.15. The quantitative estimate of drug-likeness (QED) is 0.741. The van der Waals surface area contributed by atoms with Crippen molar-refractivity contribution in [1.82, 2.24) is 14.4 Å². The first-order valence-electron chi connectivity index (χ1n) is 7.27. The SMILES string of the molecule is CN(CCF)c1ccn2cc(-c3ccc4c(c3)OCO4)nc2n1. The molecular formula is C16H15FN4O2. The Hall–Kier alpha value is -2.83. The van der Waals surface area contributed by atoms with Crippen molar-refractivity contribution < 1.29 is 13.9 Å². The van der Waals surface area contributed by atoms with E-state index in [0.717, 1.165) is 22.8 Å². The molecule has 0 N–H and O–H groups in total. The van der Waals surface area contributed by atoms with Crippen LogP contribution < -0.4 is 14.4 Å². The van der Waals surface area contributed by atoms with Gasteiger partial charge < -0.3 is 14.4 Å². The maximum Gasteiger partial charge on any atom is 0.236 e. The predicted molar refractivity (Wildman–Crippen MR) is 83.8 cm³/mol. The first-order valence-corrected chi connectivity index (χ1v) is 7.27. The maximum absolute atomic E-state index is 12.5. The topological polar surface area (TPSA) is 51.9 Å². The summed E-state index contributed by atoms with van der Waals surface area (Å²) in [6.07, 6.45) is 3.77. The minimum atomic E-state index is -0.416. The minimum Gasteiger partial charge on any atom is -0.454 e. The van der Waals surface area contributed by atoms with Gasteiger partial charge in [-0.05, 0) is 24.3 Å². The lowest BCUT2D eigenvalue weighted by Crippen LogP contribution is -2.21. The zero-order chi connectivity index (χ0) is 15.8. The summed E-state index contributed by atoms with van der Waals surface area (Å²) < 4.78 is 25.0. The molecule has 1 aromatic carbocycles. The molecule has 4 rings (SSSR count). The van der Waals surface area contributed by atoms with Crippen molar-refractivity contribution >= 4 is 11.6 Å². The summed E-state index contributed by atoms with van der Waals surface area (Å²) in [7, 11) is 1.81. The number of rotatable bonds is 4. The van der Waals surface area contributed by atoms with E-state index in [9.17, 15) is 4.39 Å². The monoisotopic (exact) mass is 314 g/mol. The van der Waals surface area contributed by atoms with Gasteiger partial charge in [-0.25, -0.2) is 9.37 Å². The van der Waals surface area contributed by atoms with Crippen molar-refractivity contribution in [3.05, 3.63) is 36.7 Å². The molecule has 0 aliphatic carbocycles. The van der Waals surface area contributed by atoms with Crippen LogP contribution in [0.2, 0.25) is 0 Å². The molecule has 0 amide bonds. The van der Waals surface area contributed by atoms with E-state index < -0.39 is 6.67 Å². The molecule has 0 saturated heterocycles. The normalized spacial score (nSPS) is 12.8. The fourth-order valence-corrected chi connectivity index (χ4v) is 2.51. The highest BCUT2D eigenvalue weighted by atomic mass is 19.1. The lowest BCUT2D eigenvalue weighted by Gasteiger charge is -2.15. The first-order chi connectivity index (χ1) is 11.2.